The predicted molar refractivity (Wildman–Crippen MR) is 58.3 cm³/mol. The van der Waals surface area contributed by atoms with Gasteiger partial charge in [-0.05, 0) is 0 Å². The Kier molecular flexibility index (Phi) is 6.42. The van der Waals surface area contributed by atoms with E-state index in [0.717, 1.165) is 0 Å². The average Bonchev–Trinajstić information content (AvgIpc) is 2.37. The largest absolute Gasteiger partial charge is 0.505 e. The van der Waals surface area contributed by atoms with Crippen LogP contribution in [0.4, 0.5) is 4.79 Å². The molecule has 9 nitrogen and oxygen atoms in total. The van der Waals surface area contributed by atoms with Crippen LogP contribution in [-0.4, -0.2) is 82.2 Å². The zero-order valence-corrected chi connectivity index (χ0v) is 10.1. The van der Waals surface area contributed by atoms with Gasteiger partial charge in [-0.2, -0.15) is 0 Å². The van der Waals surface area contributed by atoms with Gasteiger partial charge in [0, 0.05) is 6.42 Å². The molecule has 9 heteroatoms. The number of carbonyl (C=O) groups is 1. The third-order valence-corrected chi connectivity index (χ3v) is 2.64. The zero-order chi connectivity index (χ0) is 14.4. The number of hydrogen-bond acceptors (Lipinski definition) is 8. The Hall–Kier alpha value is -0.970. The summed E-state index contributed by atoms with van der Waals surface area (Å²) in [4.78, 5) is 10.1. The second-order valence-electron chi connectivity index (χ2n) is 4.04. The molecular weight excluding hydrogens is 264 g/mol. The Morgan fingerprint density at radius 3 is 2.37 bits per heavy atom. The summed E-state index contributed by atoms with van der Waals surface area (Å²) in [7, 11) is 0. The lowest BCUT2D eigenvalue weighted by Gasteiger charge is -2.39. The Bertz CT molecular complexity index is 282. The van der Waals surface area contributed by atoms with Gasteiger partial charge in [-0.25, -0.2) is 4.79 Å². The molecule has 1 rings (SSSR count). The topological polar surface area (TPSA) is 146 Å². The zero-order valence-electron chi connectivity index (χ0n) is 10.1. The van der Waals surface area contributed by atoms with Gasteiger partial charge in [-0.1, -0.05) is 0 Å². The Morgan fingerprint density at radius 2 is 1.79 bits per heavy atom. The van der Waals surface area contributed by atoms with Crippen LogP contribution in [0.5, 0.6) is 0 Å². The minimum absolute atomic E-state index is 0.0238. The minimum Gasteiger partial charge on any atom is -0.450 e. The Balaban J connectivity index is 2.33. The van der Waals surface area contributed by atoms with E-state index in [1.54, 1.807) is 0 Å². The molecule has 0 radical (unpaired) electrons. The maximum atomic E-state index is 10.1. The normalized spacial score (nSPS) is 35.1. The minimum atomic E-state index is -1.49. The van der Waals surface area contributed by atoms with Crippen molar-refractivity contribution in [2.24, 2.45) is 0 Å². The van der Waals surface area contributed by atoms with Crippen molar-refractivity contribution in [3.8, 4) is 0 Å². The molecule has 0 aromatic rings. The summed E-state index contributed by atoms with van der Waals surface area (Å²) >= 11 is 0. The van der Waals surface area contributed by atoms with Gasteiger partial charge in [0.25, 0.3) is 0 Å². The SMILES string of the molecule is O=C(O)OCCCOC1OC(CO)C(O)C(O)C1O. The first kappa shape index (κ1) is 16.1. The van der Waals surface area contributed by atoms with Crippen molar-refractivity contribution >= 4 is 6.16 Å². The van der Waals surface area contributed by atoms with Gasteiger partial charge in [0.1, 0.15) is 24.4 Å². The van der Waals surface area contributed by atoms with Gasteiger partial charge in [-0.15, -0.1) is 0 Å². The smallest absolute Gasteiger partial charge is 0.450 e. The molecule has 19 heavy (non-hydrogen) atoms. The first-order valence-corrected chi connectivity index (χ1v) is 5.75. The fourth-order valence-electron chi connectivity index (χ4n) is 1.62. The Labute approximate surface area is 108 Å². The lowest BCUT2D eigenvalue weighted by atomic mass is 9.99. The van der Waals surface area contributed by atoms with Crippen LogP contribution in [0, 0.1) is 0 Å². The second-order valence-corrected chi connectivity index (χ2v) is 4.04. The average molecular weight is 282 g/mol. The fraction of sp³-hybridized carbons (Fsp3) is 0.900. The van der Waals surface area contributed by atoms with Gasteiger partial charge in [0.15, 0.2) is 6.29 Å². The van der Waals surface area contributed by atoms with E-state index >= 15 is 0 Å². The van der Waals surface area contributed by atoms with Crippen molar-refractivity contribution in [3.05, 3.63) is 0 Å². The monoisotopic (exact) mass is 282 g/mol. The summed E-state index contributed by atoms with van der Waals surface area (Å²) in [6.45, 7) is -0.588. The van der Waals surface area contributed by atoms with Gasteiger partial charge < -0.3 is 39.7 Å². The van der Waals surface area contributed by atoms with Crippen molar-refractivity contribution in [1.82, 2.24) is 0 Å². The molecule has 5 N–H and O–H groups in total. The predicted octanol–water partition coefficient (Wildman–Crippen LogP) is -2.11. The van der Waals surface area contributed by atoms with Gasteiger partial charge in [0.05, 0.1) is 19.8 Å². The summed E-state index contributed by atoms with van der Waals surface area (Å²) < 4.78 is 14.4. The number of rotatable bonds is 6. The van der Waals surface area contributed by atoms with E-state index in [1.807, 2.05) is 0 Å². The molecule has 0 aromatic carbocycles. The van der Waals surface area contributed by atoms with Crippen molar-refractivity contribution in [3.63, 3.8) is 0 Å². The van der Waals surface area contributed by atoms with E-state index in [1.165, 1.54) is 0 Å². The third-order valence-electron chi connectivity index (χ3n) is 2.64. The van der Waals surface area contributed by atoms with Crippen LogP contribution in [-0.2, 0) is 14.2 Å². The van der Waals surface area contributed by atoms with E-state index < -0.39 is 43.5 Å². The van der Waals surface area contributed by atoms with Crippen LogP contribution in [0.1, 0.15) is 6.42 Å². The quantitative estimate of drug-likeness (QED) is 0.273. The van der Waals surface area contributed by atoms with Gasteiger partial charge in [-0.3, -0.25) is 0 Å². The van der Waals surface area contributed by atoms with E-state index in [0.29, 0.717) is 0 Å². The van der Waals surface area contributed by atoms with Crippen LogP contribution < -0.4 is 0 Å². The van der Waals surface area contributed by atoms with E-state index in [2.05, 4.69) is 4.74 Å². The number of ether oxygens (including phenoxy) is 3. The molecule has 0 saturated carbocycles. The summed E-state index contributed by atoms with van der Waals surface area (Å²) in [5.74, 6) is 0. The van der Waals surface area contributed by atoms with E-state index in [-0.39, 0.29) is 19.6 Å². The second kappa shape index (κ2) is 7.58. The molecule has 112 valence electrons. The van der Waals surface area contributed by atoms with Crippen molar-refractivity contribution in [2.45, 2.75) is 37.1 Å². The standard InChI is InChI=1S/C10H18O9/c11-4-5-6(12)7(13)8(14)9(19-5)17-2-1-3-18-10(15)16/h5-9,11-14H,1-4H2,(H,15,16). The number of aliphatic hydroxyl groups excluding tert-OH is 4. The highest BCUT2D eigenvalue weighted by Crippen LogP contribution is 2.21. The first-order chi connectivity index (χ1) is 8.97. The van der Waals surface area contributed by atoms with Crippen LogP contribution in [0.3, 0.4) is 0 Å². The number of hydrogen-bond donors (Lipinski definition) is 5. The highest BCUT2D eigenvalue weighted by Gasteiger charge is 2.43. The van der Waals surface area contributed by atoms with Crippen LogP contribution in [0.2, 0.25) is 0 Å². The Morgan fingerprint density at radius 1 is 1.11 bits per heavy atom. The molecule has 1 saturated heterocycles. The maximum Gasteiger partial charge on any atom is 0.505 e. The summed E-state index contributed by atoms with van der Waals surface area (Å²) in [5, 5.41) is 45.7. The van der Waals surface area contributed by atoms with Crippen molar-refractivity contribution in [2.75, 3.05) is 19.8 Å². The van der Waals surface area contributed by atoms with E-state index in [4.69, 9.17) is 19.7 Å². The lowest BCUT2D eigenvalue weighted by molar-refractivity contribution is -0.301. The highest BCUT2D eigenvalue weighted by atomic mass is 16.7. The van der Waals surface area contributed by atoms with Crippen LogP contribution in [0.25, 0.3) is 0 Å². The molecule has 5 unspecified atom stereocenters. The molecule has 0 aromatic heterocycles. The summed E-state index contributed by atoms with van der Waals surface area (Å²) in [6, 6.07) is 0. The molecule has 0 amide bonds. The number of carboxylic acid groups (broad SMARTS) is 1. The highest BCUT2D eigenvalue weighted by molar-refractivity contribution is 5.56. The molecule has 0 spiro atoms. The lowest BCUT2D eigenvalue weighted by Crippen LogP contribution is -2.59. The molecule has 5 atom stereocenters. The van der Waals surface area contributed by atoms with Crippen LogP contribution >= 0.6 is 0 Å². The summed E-state index contributed by atoms with van der Waals surface area (Å²) in [6.07, 6.45) is -7.78. The van der Waals surface area contributed by atoms with Crippen molar-refractivity contribution < 1.29 is 44.5 Å². The number of aliphatic hydroxyl groups is 4. The van der Waals surface area contributed by atoms with Gasteiger partial charge >= 0.3 is 6.16 Å². The molecule has 0 bridgehead atoms. The first-order valence-electron chi connectivity index (χ1n) is 5.75. The van der Waals surface area contributed by atoms with Crippen LogP contribution in [0.15, 0.2) is 0 Å². The molecule has 1 aliphatic heterocycles. The molecular formula is C10H18O9. The van der Waals surface area contributed by atoms with Crippen molar-refractivity contribution in [1.29, 1.82) is 0 Å². The fourth-order valence-corrected chi connectivity index (χ4v) is 1.62. The molecule has 0 aliphatic carbocycles. The van der Waals surface area contributed by atoms with E-state index in [9.17, 15) is 20.1 Å². The molecule has 1 aliphatic rings. The summed E-state index contributed by atoms with van der Waals surface area (Å²) in [5.41, 5.74) is 0. The molecule has 1 heterocycles. The van der Waals surface area contributed by atoms with Gasteiger partial charge in [0.2, 0.25) is 0 Å². The third kappa shape index (κ3) is 4.56. The maximum absolute atomic E-state index is 10.1. The molecule has 1 fully saturated rings.